The van der Waals surface area contributed by atoms with Crippen molar-refractivity contribution in [2.75, 3.05) is 45.6 Å². The topological polar surface area (TPSA) is 91.8 Å². The molecule has 0 aliphatic carbocycles. The van der Waals surface area contributed by atoms with Crippen LogP contribution < -0.4 is 5.32 Å². The summed E-state index contributed by atoms with van der Waals surface area (Å²) >= 11 is 1.39. The van der Waals surface area contributed by atoms with E-state index >= 15 is 0 Å². The Morgan fingerprint density at radius 2 is 2.15 bits per heavy atom. The minimum absolute atomic E-state index is 0.164. The van der Waals surface area contributed by atoms with Crippen LogP contribution in [0.4, 0.5) is 0 Å². The maximum Gasteiger partial charge on any atom is 0.270 e. The second kappa shape index (κ2) is 8.75. The lowest BCUT2D eigenvalue weighted by molar-refractivity contribution is 0.0194. The van der Waals surface area contributed by atoms with Crippen molar-refractivity contribution < 1.29 is 17.9 Å². The number of thiazole rings is 1. The van der Waals surface area contributed by atoms with Gasteiger partial charge in [0.2, 0.25) is 10.0 Å². The first kappa shape index (κ1) is 19.7. The lowest BCUT2D eigenvalue weighted by atomic mass is 10.0. The van der Waals surface area contributed by atoms with Crippen molar-refractivity contribution in [3.63, 3.8) is 0 Å². The smallest absolute Gasteiger partial charge is 0.270 e. The zero-order valence-corrected chi connectivity index (χ0v) is 16.6. The molecule has 1 N–H and O–H groups in total. The van der Waals surface area contributed by atoms with E-state index in [0.717, 1.165) is 32.5 Å². The number of sulfonamides is 1. The monoisotopic (exact) mass is 402 g/mol. The molecular formula is C16H26N4O4S2. The zero-order chi connectivity index (χ0) is 18.6. The lowest BCUT2D eigenvalue weighted by Crippen LogP contribution is -2.50. The van der Waals surface area contributed by atoms with Gasteiger partial charge in [0.25, 0.3) is 5.91 Å². The number of amides is 1. The number of hydrogen-bond donors (Lipinski definition) is 1. The molecule has 26 heavy (non-hydrogen) atoms. The molecule has 146 valence electrons. The Bertz CT molecular complexity index is 689. The summed E-state index contributed by atoms with van der Waals surface area (Å²) < 4.78 is 30.7. The average Bonchev–Trinajstić information content (AvgIpc) is 3.30. The van der Waals surface area contributed by atoms with E-state index in [-0.39, 0.29) is 11.9 Å². The maximum atomic E-state index is 12.1. The van der Waals surface area contributed by atoms with Gasteiger partial charge in [0.1, 0.15) is 5.69 Å². The molecule has 3 rings (SSSR count). The minimum atomic E-state index is -3.16. The highest BCUT2D eigenvalue weighted by molar-refractivity contribution is 7.88. The fourth-order valence-corrected chi connectivity index (χ4v) is 5.09. The predicted octanol–water partition coefficient (Wildman–Crippen LogP) is 0.388. The highest BCUT2D eigenvalue weighted by Gasteiger charge is 2.35. The third kappa shape index (κ3) is 5.01. The molecule has 0 saturated carbocycles. The Kier molecular flexibility index (Phi) is 6.62. The van der Waals surface area contributed by atoms with Gasteiger partial charge in [-0.05, 0) is 19.3 Å². The highest BCUT2D eigenvalue weighted by Crippen LogP contribution is 2.24. The second-order valence-corrected chi connectivity index (χ2v) is 9.48. The number of nitrogens with one attached hydrogen (secondary N) is 1. The van der Waals surface area contributed by atoms with E-state index in [2.05, 4.69) is 15.2 Å². The molecule has 1 unspecified atom stereocenters. The van der Waals surface area contributed by atoms with E-state index < -0.39 is 10.0 Å². The maximum absolute atomic E-state index is 12.1. The Morgan fingerprint density at radius 3 is 2.77 bits per heavy atom. The number of nitrogens with zero attached hydrogens (tertiary/aromatic N) is 3. The van der Waals surface area contributed by atoms with Gasteiger partial charge in [-0.15, -0.1) is 11.3 Å². The van der Waals surface area contributed by atoms with Gasteiger partial charge < -0.3 is 10.1 Å². The first-order chi connectivity index (χ1) is 12.4. The van der Waals surface area contributed by atoms with Crippen LogP contribution in [0.15, 0.2) is 10.9 Å². The molecule has 2 saturated heterocycles. The number of aromatic nitrogens is 1. The summed E-state index contributed by atoms with van der Waals surface area (Å²) in [6.45, 7) is 3.76. The molecule has 1 atom stereocenters. The highest BCUT2D eigenvalue weighted by atomic mass is 32.2. The first-order valence-electron chi connectivity index (χ1n) is 8.90. The summed E-state index contributed by atoms with van der Waals surface area (Å²) in [7, 11) is -3.16. The van der Waals surface area contributed by atoms with E-state index in [0.29, 0.717) is 37.9 Å². The molecule has 0 aromatic carbocycles. The molecule has 3 heterocycles. The molecule has 8 nitrogen and oxygen atoms in total. The Labute approximate surface area is 158 Å². The normalized spacial score (nSPS) is 22.8. The van der Waals surface area contributed by atoms with Gasteiger partial charge in [-0.3, -0.25) is 9.69 Å². The molecule has 2 aliphatic heterocycles. The molecule has 2 aliphatic rings. The summed E-state index contributed by atoms with van der Waals surface area (Å²) in [5, 5.41) is 4.65. The number of carbonyl (C=O) groups is 1. The van der Waals surface area contributed by atoms with E-state index in [1.54, 1.807) is 15.2 Å². The Morgan fingerprint density at radius 1 is 1.38 bits per heavy atom. The Balaban J connectivity index is 1.59. The van der Waals surface area contributed by atoms with Gasteiger partial charge in [0.15, 0.2) is 0 Å². The fourth-order valence-electron chi connectivity index (χ4n) is 3.68. The molecule has 2 fully saturated rings. The van der Waals surface area contributed by atoms with Crippen molar-refractivity contribution in [3.05, 3.63) is 16.6 Å². The van der Waals surface area contributed by atoms with Crippen LogP contribution in [-0.2, 0) is 14.8 Å². The fraction of sp³-hybridized carbons (Fsp3) is 0.750. The van der Waals surface area contributed by atoms with E-state index in [4.69, 9.17) is 4.74 Å². The summed E-state index contributed by atoms with van der Waals surface area (Å²) in [6.07, 6.45) is 3.97. The van der Waals surface area contributed by atoms with Gasteiger partial charge >= 0.3 is 0 Å². The van der Waals surface area contributed by atoms with Crippen molar-refractivity contribution in [2.45, 2.75) is 31.3 Å². The predicted molar refractivity (Wildman–Crippen MR) is 99.8 cm³/mol. The van der Waals surface area contributed by atoms with Crippen LogP contribution in [0.2, 0.25) is 0 Å². The molecular weight excluding hydrogens is 376 g/mol. The second-order valence-electron chi connectivity index (χ2n) is 6.77. The summed E-state index contributed by atoms with van der Waals surface area (Å²) in [4.78, 5) is 18.5. The summed E-state index contributed by atoms with van der Waals surface area (Å²) in [6, 6.07) is 0.549. The van der Waals surface area contributed by atoms with Crippen LogP contribution in [-0.4, -0.2) is 86.2 Å². The summed E-state index contributed by atoms with van der Waals surface area (Å²) in [5.74, 6) is -0.164. The van der Waals surface area contributed by atoms with Gasteiger partial charge in [-0.1, -0.05) is 0 Å². The van der Waals surface area contributed by atoms with Gasteiger partial charge in [-0.2, -0.15) is 0 Å². The SMILES string of the molecule is CS(=O)(=O)N1CCC(N(CCNC(=O)c2cscn2)C2CCOCC2)C1. The Hall–Kier alpha value is -1.07. The molecule has 10 heteroatoms. The largest absolute Gasteiger partial charge is 0.381 e. The van der Waals surface area contributed by atoms with Crippen LogP contribution >= 0.6 is 11.3 Å². The van der Waals surface area contributed by atoms with Crippen LogP contribution in [0.25, 0.3) is 0 Å². The molecule has 1 aromatic rings. The van der Waals surface area contributed by atoms with Gasteiger partial charge in [0, 0.05) is 56.9 Å². The van der Waals surface area contributed by atoms with E-state index in [9.17, 15) is 13.2 Å². The average molecular weight is 403 g/mol. The summed E-state index contributed by atoms with van der Waals surface area (Å²) in [5.41, 5.74) is 2.08. The van der Waals surface area contributed by atoms with Crippen LogP contribution in [0.1, 0.15) is 29.8 Å². The minimum Gasteiger partial charge on any atom is -0.381 e. The molecule has 0 radical (unpaired) electrons. The zero-order valence-electron chi connectivity index (χ0n) is 15.0. The number of hydrogen-bond acceptors (Lipinski definition) is 7. The molecule has 0 bridgehead atoms. The van der Waals surface area contributed by atoms with Crippen LogP contribution in [0.5, 0.6) is 0 Å². The van der Waals surface area contributed by atoms with Crippen molar-refractivity contribution >= 4 is 27.3 Å². The molecule has 0 spiro atoms. The molecule has 1 aromatic heterocycles. The lowest BCUT2D eigenvalue weighted by Gasteiger charge is -2.38. The third-order valence-corrected chi connectivity index (χ3v) is 6.90. The van der Waals surface area contributed by atoms with E-state index in [1.165, 1.54) is 17.6 Å². The number of ether oxygens (including phenoxy) is 1. The molecule has 1 amide bonds. The van der Waals surface area contributed by atoms with Crippen LogP contribution in [0.3, 0.4) is 0 Å². The first-order valence-corrected chi connectivity index (χ1v) is 11.7. The van der Waals surface area contributed by atoms with Gasteiger partial charge in [-0.25, -0.2) is 17.7 Å². The van der Waals surface area contributed by atoms with Crippen molar-refractivity contribution in [1.82, 2.24) is 19.5 Å². The number of carbonyl (C=O) groups excluding carboxylic acids is 1. The number of rotatable bonds is 7. The van der Waals surface area contributed by atoms with E-state index in [1.807, 2.05) is 0 Å². The van der Waals surface area contributed by atoms with Crippen molar-refractivity contribution in [2.24, 2.45) is 0 Å². The quantitative estimate of drug-likeness (QED) is 0.709. The standard InChI is InChI=1S/C16H26N4O4S2/c1-26(22,23)19-6-2-14(10-19)20(13-3-8-24-9-4-13)7-5-17-16(21)15-11-25-12-18-15/h11-14H,2-10H2,1H3,(H,17,21). The van der Waals surface area contributed by atoms with Gasteiger partial charge in [0.05, 0.1) is 11.8 Å². The third-order valence-electron chi connectivity index (χ3n) is 5.04. The van der Waals surface area contributed by atoms with Crippen molar-refractivity contribution in [1.29, 1.82) is 0 Å². The van der Waals surface area contributed by atoms with Crippen LogP contribution in [0, 0.1) is 0 Å². The van der Waals surface area contributed by atoms with Crippen molar-refractivity contribution in [3.8, 4) is 0 Å².